The molecule has 0 saturated heterocycles. The van der Waals surface area contributed by atoms with Gasteiger partial charge in [0.05, 0.1) is 0 Å². The maximum absolute atomic E-state index is 3.79. The van der Waals surface area contributed by atoms with E-state index in [9.17, 15) is 0 Å². The van der Waals surface area contributed by atoms with Crippen LogP contribution >= 0.6 is 0 Å². The molecule has 2 rings (SSSR count). The van der Waals surface area contributed by atoms with Crippen LogP contribution in [0.15, 0.2) is 24.3 Å². The van der Waals surface area contributed by atoms with Crippen LogP contribution in [-0.2, 0) is 6.54 Å². The summed E-state index contributed by atoms with van der Waals surface area (Å²) < 4.78 is 0. The number of benzene rings is 1. The predicted octanol–water partition coefficient (Wildman–Crippen LogP) is 4.20. The molecule has 0 aromatic heterocycles. The first-order valence-electron chi connectivity index (χ1n) is 8.20. The van der Waals surface area contributed by atoms with E-state index < -0.39 is 0 Å². The van der Waals surface area contributed by atoms with E-state index in [1.807, 2.05) is 0 Å². The molecule has 1 saturated carbocycles. The third-order valence-electron chi connectivity index (χ3n) is 4.68. The Kier molecular flexibility index (Phi) is 5.90. The summed E-state index contributed by atoms with van der Waals surface area (Å²) in [6.07, 6.45) is 8.40. The van der Waals surface area contributed by atoms with E-state index in [0.717, 1.165) is 12.5 Å². The SMILES string of the molecule is CCC(NCc1ccc(N(C)C)cc1)C1CCCCC1. The number of nitrogens with one attached hydrogen (secondary N) is 1. The minimum atomic E-state index is 0.698. The van der Waals surface area contributed by atoms with Gasteiger partial charge in [0.15, 0.2) is 0 Å². The molecule has 2 heteroatoms. The maximum Gasteiger partial charge on any atom is 0.0361 e. The first-order valence-corrected chi connectivity index (χ1v) is 8.20. The molecule has 0 bridgehead atoms. The smallest absolute Gasteiger partial charge is 0.0361 e. The molecular formula is C18H30N2. The van der Waals surface area contributed by atoms with E-state index in [1.165, 1.54) is 49.8 Å². The fraction of sp³-hybridized carbons (Fsp3) is 0.667. The van der Waals surface area contributed by atoms with Gasteiger partial charge in [-0.05, 0) is 42.9 Å². The largest absolute Gasteiger partial charge is 0.378 e. The predicted molar refractivity (Wildman–Crippen MR) is 88.3 cm³/mol. The van der Waals surface area contributed by atoms with Crippen LogP contribution in [0.3, 0.4) is 0 Å². The van der Waals surface area contributed by atoms with Gasteiger partial charge in [-0.3, -0.25) is 0 Å². The van der Waals surface area contributed by atoms with Gasteiger partial charge in [0, 0.05) is 32.4 Å². The quantitative estimate of drug-likeness (QED) is 0.836. The molecule has 20 heavy (non-hydrogen) atoms. The lowest BCUT2D eigenvalue weighted by molar-refractivity contribution is 0.262. The molecule has 0 spiro atoms. The van der Waals surface area contributed by atoms with Crippen LogP contribution in [0, 0.1) is 5.92 Å². The van der Waals surface area contributed by atoms with Gasteiger partial charge in [-0.15, -0.1) is 0 Å². The van der Waals surface area contributed by atoms with Crippen molar-refractivity contribution in [3.8, 4) is 0 Å². The van der Waals surface area contributed by atoms with Crippen molar-refractivity contribution in [2.24, 2.45) is 5.92 Å². The van der Waals surface area contributed by atoms with E-state index in [1.54, 1.807) is 0 Å². The standard InChI is InChI=1S/C18H30N2/c1-4-18(16-8-6-5-7-9-16)19-14-15-10-12-17(13-11-15)20(2)3/h10-13,16,18-19H,4-9,14H2,1-3H3. The van der Waals surface area contributed by atoms with Gasteiger partial charge < -0.3 is 10.2 Å². The summed E-state index contributed by atoms with van der Waals surface area (Å²) in [5, 5.41) is 3.79. The lowest BCUT2D eigenvalue weighted by atomic mass is 9.83. The zero-order valence-corrected chi connectivity index (χ0v) is 13.4. The first-order chi connectivity index (χ1) is 9.70. The van der Waals surface area contributed by atoms with E-state index in [-0.39, 0.29) is 0 Å². The van der Waals surface area contributed by atoms with Gasteiger partial charge in [-0.2, -0.15) is 0 Å². The first kappa shape index (κ1) is 15.4. The van der Waals surface area contributed by atoms with Crippen molar-refractivity contribution in [3.63, 3.8) is 0 Å². The summed E-state index contributed by atoms with van der Waals surface area (Å²) in [6, 6.07) is 9.60. The minimum absolute atomic E-state index is 0.698. The lowest BCUT2D eigenvalue weighted by Gasteiger charge is -2.30. The van der Waals surface area contributed by atoms with Crippen LogP contribution in [0.25, 0.3) is 0 Å². The Bertz CT molecular complexity index is 377. The number of anilines is 1. The fourth-order valence-electron chi connectivity index (χ4n) is 3.34. The second-order valence-electron chi connectivity index (χ2n) is 6.35. The fourth-order valence-corrected chi connectivity index (χ4v) is 3.34. The van der Waals surface area contributed by atoms with E-state index in [4.69, 9.17) is 0 Å². The molecule has 1 N–H and O–H groups in total. The third kappa shape index (κ3) is 4.24. The Morgan fingerprint density at radius 3 is 2.30 bits per heavy atom. The van der Waals surface area contributed by atoms with Crippen molar-refractivity contribution < 1.29 is 0 Å². The van der Waals surface area contributed by atoms with Crippen LogP contribution < -0.4 is 10.2 Å². The van der Waals surface area contributed by atoms with E-state index >= 15 is 0 Å². The maximum atomic E-state index is 3.79. The summed E-state index contributed by atoms with van der Waals surface area (Å²) in [6.45, 7) is 3.32. The Labute approximate surface area is 124 Å². The Hall–Kier alpha value is -1.02. The van der Waals surface area contributed by atoms with Gasteiger partial charge in [0.2, 0.25) is 0 Å². The molecule has 112 valence electrons. The molecule has 1 aromatic carbocycles. The van der Waals surface area contributed by atoms with Gasteiger partial charge in [-0.25, -0.2) is 0 Å². The molecule has 0 aliphatic heterocycles. The highest BCUT2D eigenvalue weighted by atomic mass is 15.1. The highest BCUT2D eigenvalue weighted by Gasteiger charge is 2.21. The van der Waals surface area contributed by atoms with Crippen molar-refractivity contribution in [1.82, 2.24) is 5.32 Å². The Morgan fingerprint density at radius 1 is 1.10 bits per heavy atom. The summed E-state index contributed by atoms with van der Waals surface area (Å²) in [4.78, 5) is 2.15. The zero-order valence-electron chi connectivity index (χ0n) is 13.4. The van der Waals surface area contributed by atoms with Gasteiger partial charge in [-0.1, -0.05) is 38.3 Å². The topological polar surface area (TPSA) is 15.3 Å². The summed E-state index contributed by atoms with van der Waals surface area (Å²) in [5.74, 6) is 0.898. The summed E-state index contributed by atoms with van der Waals surface area (Å²) in [7, 11) is 4.17. The highest BCUT2D eigenvalue weighted by molar-refractivity contribution is 5.45. The van der Waals surface area contributed by atoms with Crippen molar-refractivity contribution in [1.29, 1.82) is 0 Å². The molecule has 0 heterocycles. The number of hydrogen-bond donors (Lipinski definition) is 1. The Morgan fingerprint density at radius 2 is 1.75 bits per heavy atom. The number of rotatable bonds is 6. The number of nitrogens with zero attached hydrogens (tertiary/aromatic N) is 1. The van der Waals surface area contributed by atoms with Crippen LogP contribution in [0.5, 0.6) is 0 Å². The Balaban J connectivity index is 1.85. The lowest BCUT2D eigenvalue weighted by Crippen LogP contribution is -2.36. The molecule has 1 unspecified atom stereocenters. The second-order valence-corrected chi connectivity index (χ2v) is 6.35. The van der Waals surface area contributed by atoms with E-state index in [2.05, 4.69) is 55.5 Å². The second kappa shape index (κ2) is 7.68. The van der Waals surface area contributed by atoms with Crippen molar-refractivity contribution in [3.05, 3.63) is 29.8 Å². The van der Waals surface area contributed by atoms with E-state index in [0.29, 0.717) is 6.04 Å². The van der Waals surface area contributed by atoms with Crippen LogP contribution in [0.2, 0.25) is 0 Å². The molecule has 1 fully saturated rings. The van der Waals surface area contributed by atoms with Gasteiger partial charge in [0.25, 0.3) is 0 Å². The van der Waals surface area contributed by atoms with Crippen LogP contribution in [-0.4, -0.2) is 20.1 Å². The zero-order chi connectivity index (χ0) is 14.4. The van der Waals surface area contributed by atoms with Crippen molar-refractivity contribution >= 4 is 5.69 Å². The highest BCUT2D eigenvalue weighted by Crippen LogP contribution is 2.27. The monoisotopic (exact) mass is 274 g/mol. The molecule has 1 aliphatic rings. The summed E-state index contributed by atoms with van der Waals surface area (Å²) >= 11 is 0. The average molecular weight is 274 g/mol. The van der Waals surface area contributed by atoms with Crippen LogP contribution in [0.1, 0.15) is 51.0 Å². The average Bonchev–Trinajstić information content (AvgIpc) is 2.49. The summed E-state index contributed by atoms with van der Waals surface area (Å²) in [5.41, 5.74) is 2.66. The number of hydrogen-bond acceptors (Lipinski definition) is 2. The molecule has 0 radical (unpaired) electrons. The molecule has 1 aliphatic carbocycles. The van der Waals surface area contributed by atoms with Crippen molar-refractivity contribution in [2.75, 3.05) is 19.0 Å². The molecule has 1 atom stereocenters. The van der Waals surface area contributed by atoms with Gasteiger partial charge in [0.1, 0.15) is 0 Å². The normalized spacial score (nSPS) is 17.9. The van der Waals surface area contributed by atoms with Crippen molar-refractivity contribution in [2.45, 2.75) is 58.0 Å². The molecular weight excluding hydrogens is 244 g/mol. The molecule has 2 nitrogen and oxygen atoms in total. The molecule has 0 amide bonds. The van der Waals surface area contributed by atoms with Gasteiger partial charge >= 0.3 is 0 Å². The molecule has 1 aromatic rings. The third-order valence-corrected chi connectivity index (χ3v) is 4.68. The minimum Gasteiger partial charge on any atom is -0.378 e. The van der Waals surface area contributed by atoms with Crippen LogP contribution in [0.4, 0.5) is 5.69 Å².